The molecule has 1 amide bonds. The summed E-state index contributed by atoms with van der Waals surface area (Å²) in [5, 5.41) is 0. The van der Waals surface area contributed by atoms with Crippen LogP contribution in [-0.2, 0) is 4.74 Å². The average Bonchev–Trinajstić information content (AvgIpc) is 2.59. The molecule has 0 spiro atoms. The molecular formula is C13H19NO2. The molecule has 16 heavy (non-hydrogen) atoms. The molecule has 0 unspecified atom stereocenters. The zero-order valence-electron chi connectivity index (χ0n) is 10.4. The second-order valence-corrected chi connectivity index (χ2v) is 4.12. The average molecular weight is 221 g/mol. The second kappa shape index (κ2) is 5.54. The van der Waals surface area contributed by atoms with Gasteiger partial charge in [-0.3, -0.25) is 0 Å². The van der Waals surface area contributed by atoms with Crippen LogP contribution in [0.1, 0.15) is 16.7 Å². The normalized spacial score (nSPS) is 14.2. The van der Waals surface area contributed by atoms with E-state index in [2.05, 4.69) is 43.7 Å². The number of amides is 1. The molecule has 0 aliphatic carbocycles. The summed E-state index contributed by atoms with van der Waals surface area (Å²) in [4.78, 5) is 11.8. The lowest BCUT2D eigenvalue weighted by atomic mass is 10.1. The second-order valence-electron chi connectivity index (χ2n) is 4.12. The Morgan fingerprint density at radius 2 is 1.88 bits per heavy atom. The summed E-state index contributed by atoms with van der Waals surface area (Å²) in [6.07, 6.45) is -0.208. The third kappa shape index (κ3) is 3.57. The maximum atomic E-state index is 10.3. The van der Waals surface area contributed by atoms with Gasteiger partial charge in [0.15, 0.2) is 0 Å². The monoisotopic (exact) mass is 221 g/mol. The Bertz CT molecular complexity index is 374. The Morgan fingerprint density at radius 3 is 2.19 bits per heavy atom. The van der Waals surface area contributed by atoms with Gasteiger partial charge in [0.2, 0.25) is 0 Å². The minimum Gasteiger partial charge on any atom is -0.448 e. The summed E-state index contributed by atoms with van der Waals surface area (Å²) in [5.41, 5.74) is 4.11. The molecule has 3 heteroatoms. The molecule has 0 N–H and O–H groups in total. The predicted molar refractivity (Wildman–Crippen MR) is 64.6 cm³/mol. The van der Waals surface area contributed by atoms with Crippen molar-refractivity contribution in [2.75, 3.05) is 20.2 Å². The van der Waals surface area contributed by atoms with Gasteiger partial charge >= 0.3 is 6.09 Å². The van der Waals surface area contributed by atoms with E-state index in [4.69, 9.17) is 0 Å². The van der Waals surface area contributed by atoms with Crippen LogP contribution in [0.15, 0.2) is 18.2 Å². The van der Waals surface area contributed by atoms with Gasteiger partial charge < -0.3 is 9.64 Å². The van der Waals surface area contributed by atoms with Crippen LogP contribution < -0.4 is 0 Å². The Labute approximate surface area is 97.0 Å². The summed E-state index contributed by atoms with van der Waals surface area (Å²) in [5.74, 6) is 0. The van der Waals surface area contributed by atoms with E-state index in [-0.39, 0.29) is 6.09 Å². The predicted octanol–water partition coefficient (Wildman–Crippen LogP) is 2.68. The number of likely N-dealkylation sites (N-methyl/N-ethyl adjacent to an activating group) is 1. The van der Waals surface area contributed by atoms with Crippen molar-refractivity contribution < 1.29 is 9.53 Å². The molecule has 1 heterocycles. The van der Waals surface area contributed by atoms with Gasteiger partial charge in [-0.15, -0.1) is 0 Å². The van der Waals surface area contributed by atoms with E-state index in [0.29, 0.717) is 6.61 Å². The molecule has 0 bridgehead atoms. The summed E-state index contributed by atoms with van der Waals surface area (Å²) in [6, 6.07) is 6.50. The molecule has 2 rings (SSSR count). The topological polar surface area (TPSA) is 29.5 Å². The van der Waals surface area contributed by atoms with Gasteiger partial charge in [0.1, 0.15) is 6.61 Å². The van der Waals surface area contributed by atoms with Crippen molar-refractivity contribution in [2.45, 2.75) is 20.8 Å². The van der Waals surface area contributed by atoms with Crippen LogP contribution >= 0.6 is 0 Å². The molecule has 1 aliphatic heterocycles. The maximum absolute atomic E-state index is 10.3. The van der Waals surface area contributed by atoms with Crippen molar-refractivity contribution in [3.63, 3.8) is 0 Å². The zero-order chi connectivity index (χ0) is 12.1. The van der Waals surface area contributed by atoms with Crippen molar-refractivity contribution in [2.24, 2.45) is 0 Å². The molecule has 3 nitrogen and oxygen atoms in total. The fourth-order valence-electron chi connectivity index (χ4n) is 1.36. The number of nitrogens with zero attached hydrogens (tertiary/aromatic N) is 1. The molecular weight excluding hydrogens is 202 g/mol. The first-order valence-corrected chi connectivity index (χ1v) is 5.42. The Morgan fingerprint density at radius 1 is 1.19 bits per heavy atom. The number of aryl methyl sites for hydroxylation is 3. The molecule has 88 valence electrons. The molecule has 1 aliphatic rings. The summed E-state index contributed by atoms with van der Waals surface area (Å²) >= 11 is 0. The van der Waals surface area contributed by atoms with Crippen molar-refractivity contribution in [1.82, 2.24) is 4.90 Å². The van der Waals surface area contributed by atoms with E-state index in [1.54, 1.807) is 11.9 Å². The molecule has 0 atom stereocenters. The van der Waals surface area contributed by atoms with Crippen molar-refractivity contribution in [3.05, 3.63) is 34.9 Å². The van der Waals surface area contributed by atoms with E-state index in [1.807, 2.05) is 0 Å². The van der Waals surface area contributed by atoms with Gasteiger partial charge in [0.05, 0.1) is 6.54 Å². The lowest BCUT2D eigenvalue weighted by Crippen LogP contribution is -2.17. The molecule has 1 fully saturated rings. The number of ether oxygens (including phenoxy) is 1. The van der Waals surface area contributed by atoms with Crippen LogP contribution in [0.3, 0.4) is 0 Å². The van der Waals surface area contributed by atoms with Gasteiger partial charge in [0.25, 0.3) is 0 Å². The number of carbonyl (C=O) groups is 1. The number of rotatable bonds is 0. The SMILES string of the molecule is CN1CCOC1=O.Cc1ccc(C)c(C)c1. The van der Waals surface area contributed by atoms with Gasteiger partial charge in [-0.05, 0) is 31.9 Å². The molecule has 1 aromatic carbocycles. The number of benzene rings is 1. The summed E-state index contributed by atoms with van der Waals surface area (Å²) < 4.78 is 4.55. The van der Waals surface area contributed by atoms with Crippen LogP contribution in [-0.4, -0.2) is 31.2 Å². The summed E-state index contributed by atoms with van der Waals surface area (Å²) in [6.45, 7) is 7.68. The zero-order valence-corrected chi connectivity index (χ0v) is 10.4. The lowest BCUT2D eigenvalue weighted by Gasteiger charge is -1.98. The van der Waals surface area contributed by atoms with E-state index < -0.39 is 0 Å². The molecule has 0 aromatic heterocycles. The molecule has 0 radical (unpaired) electrons. The van der Waals surface area contributed by atoms with Crippen LogP contribution in [0.4, 0.5) is 4.79 Å². The molecule has 1 aromatic rings. The van der Waals surface area contributed by atoms with E-state index in [9.17, 15) is 4.79 Å². The molecule has 1 saturated heterocycles. The Balaban J connectivity index is 0.000000165. The van der Waals surface area contributed by atoms with Crippen LogP contribution in [0.5, 0.6) is 0 Å². The standard InChI is InChI=1S/C9H12.C4H7NO2/c1-7-4-5-8(2)9(3)6-7;1-5-2-3-7-4(5)6/h4-6H,1-3H3;2-3H2,1H3. The first kappa shape index (κ1) is 12.6. The Kier molecular flexibility index (Phi) is 4.35. The molecule has 0 saturated carbocycles. The minimum absolute atomic E-state index is 0.208. The van der Waals surface area contributed by atoms with Crippen LogP contribution in [0.25, 0.3) is 0 Å². The van der Waals surface area contributed by atoms with Gasteiger partial charge in [-0.2, -0.15) is 0 Å². The third-order valence-corrected chi connectivity index (χ3v) is 2.63. The number of carbonyl (C=O) groups excluding carboxylic acids is 1. The largest absolute Gasteiger partial charge is 0.448 e. The smallest absolute Gasteiger partial charge is 0.409 e. The van der Waals surface area contributed by atoms with E-state index >= 15 is 0 Å². The minimum atomic E-state index is -0.208. The lowest BCUT2D eigenvalue weighted by molar-refractivity contribution is 0.163. The highest BCUT2D eigenvalue weighted by atomic mass is 16.6. The maximum Gasteiger partial charge on any atom is 0.409 e. The van der Waals surface area contributed by atoms with Gasteiger partial charge in [-0.1, -0.05) is 23.8 Å². The summed E-state index contributed by atoms with van der Waals surface area (Å²) in [7, 11) is 1.72. The third-order valence-electron chi connectivity index (χ3n) is 2.63. The van der Waals surface area contributed by atoms with Gasteiger partial charge in [-0.25, -0.2) is 4.79 Å². The van der Waals surface area contributed by atoms with Crippen LogP contribution in [0.2, 0.25) is 0 Å². The highest BCUT2D eigenvalue weighted by molar-refractivity contribution is 5.68. The highest BCUT2D eigenvalue weighted by Gasteiger charge is 2.15. The quantitative estimate of drug-likeness (QED) is 0.674. The van der Waals surface area contributed by atoms with Crippen molar-refractivity contribution in [1.29, 1.82) is 0 Å². The van der Waals surface area contributed by atoms with Crippen molar-refractivity contribution >= 4 is 6.09 Å². The first-order chi connectivity index (χ1) is 7.50. The number of cyclic esters (lactones) is 1. The van der Waals surface area contributed by atoms with Crippen molar-refractivity contribution in [3.8, 4) is 0 Å². The van der Waals surface area contributed by atoms with E-state index in [1.165, 1.54) is 16.7 Å². The fraction of sp³-hybridized carbons (Fsp3) is 0.462. The van der Waals surface area contributed by atoms with Gasteiger partial charge in [0, 0.05) is 7.05 Å². The number of hydrogen-bond acceptors (Lipinski definition) is 2. The highest BCUT2D eigenvalue weighted by Crippen LogP contribution is 2.07. The fourth-order valence-corrected chi connectivity index (χ4v) is 1.36. The van der Waals surface area contributed by atoms with E-state index in [0.717, 1.165) is 6.54 Å². The first-order valence-electron chi connectivity index (χ1n) is 5.42. The number of hydrogen-bond donors (Lipinski definition) is 0. The van der Waals surface area contributed by atoms with Crippen LogP contribution in [0, 0.1) is 20.8 Å². The Hall–Kier alpha value is -1.51.